The summed E-state index contributed by atoms with van der Waals surface area (Å²) in [6, 6.07) is 0. The SMILES string of the molecule is CCC(C)[C@H]1O[C@]2(CC[C@@H]1C)C[C@@H]1C[C@@H](C/C=C(\C)[C@@H](OC3C[C@H](OC)C(O[C@H]4C[C@H](OC)[C@@H](O)[C@H](C)O4)[C@H](C)O3)[C@@H](C)/C=C/C=C3\COC4[C@H](O)C(C)=C[C@@H](C(=O)O1)[C@]34O)O2. The number of ether oxygens (including phenoxy) is 10. The number of aliphatic hydroxyl groups is 3. The molecule has 3 N–H and O–H groups in total. The lowest BCUT2D eigenvalue weighted by molar-refractivity contribution is -0.340. The van der Waals surface area contributed by atoms with E-state index in [1.807, 2.05) is 19.1 Å². The minimum Gasteiger partial charge on any atom is -0.462 e. The number of esters is 1. The number of hydrogen-bond acceptors (Lipinski definition) is 14. The zero-order valence-electron chi connectivity index (χ0n) is 38.5. The predicted molar refractivity (Wildman–Crippen MR) is 227 cm³/mol. The molecule has 0 aromatic heterocycles. The molecular formula is C48H74O14. The van der Waals surface area contributed by atoms with Gasteiger partial charge in [0.15, 0.2) is 18.4 Å². The summed E-state index contributed by atoms with van der Waals surface area (Å²) in [5.41, 5.74) is 0.188. The molecule has 350 valence electrons. The number of carbonyl (C=O) groups excluding carboxylic acids is 1. The molecule has 1 spiro atoms. The van der Waals surface area contributed by atoms with Gasteiger partial charge in [0.2, 0.25) is 0 Å². The topological polar surface area (TPSA) is 170 Å². The number of hydrogen-bond donors (Lipinski definition) is 3. The quantitative estimate of drug-likeness (QED) is 0.204. The van der Waals surface area contributed by atoms with Gasteiger partial charge in [0.25, 0.3) is 0 Å². The first-order chi connectivity index (χ1) is 29.5. The Hall–Kier alpha value is -2.05. The molecule has 5 fully saturated rings. The zero-order chi connectivity index (χ0) is 44.7. The van der Waals surface area contributed by atoms with Crippen molar-refractivity contribution in [1.82, 2.24) is 0 Å². The van der Waals surface area contributed by atoms with Crippen molar-refractivity contribution >= 4 is 5.97 Å². The Morgan fingerprint density at radius 3 is 2.35 bits per heavy atom. The van der Waals surface area contributed by atoms with E-state index < -0.39 is 90.8 Å². The first kappa shape index (κ1) is 47.9. The van der Waals surface area contributed by atoms with Gasteiger partial charge in [-0.3, -0.25) is 4.79 Å². The molecule has 7 aliphatic rings. The van der Waals surface area contributed by atoms with E-state index in [9.17, 15) is 20.1 Å². The smallest absolute Gasteiger partial charge is 0.316 e. The number of aliphatic hydroxyl groups excluding tert-OH is 2. The van der Waals surface area contributed by atoms with E-state index >= 15 is 0 Å². The highest BCUT2D eigenvalue weighted by atomic mass is 16.7. The molecule has 7 rings (SSSR count). The molecule has 0 amide bonds. The summed E-state index contributed by atoms with van der Waals surface area (Å²) in [5, 5.41) is 34.2. The van der Waals surface area contributed by atoms with Crippen LogP contribution in [-0.2, 0) is 52.2 Å². The lowest BCUT2D eigenvalue weighted by atomic mass is 9.71. The van der Waals surface area contributed by atoms with Crippen LogP contribution in [0.5, 0.6) is 0 Å². The van der Waals surface area contributed by atoms with E-state index in [0.29, 0.717) is 61.5 Å². The fourth-order valence-electron chi connectivity index (χ4n) is 11.0. The molecule has 20 atom stereocenters. The molecule has 14 heteroatoms. The summed E-state index contributed by atoms with van der Waals surface area (Å²) in [7, 11) is 3.23. The van der Waals surface area contributed by atoms with Gasteiger partial charge in [0, 0.05) is 52.2 Å². The van der Waals surface area contributed by atoms with Crippen molar-refractivity contribution in [1.29, 1.82) is 0 Å². The number of fused-ring (bicyclic) bond motifs is 2. The van der Waals surface area contributed by atoms with Crippen LogP contribution in [0.3, 0.4) is 0 Å². The predicted octanol–water partition coefficient (Wildman–Crippen LogP) is 5.60. The Morgan fingerprint density at radius 2 is 1.63 bits per heavy atom. The first-order valence-electron chi connectivity index (χ1n) is 23.2. The maximum absolute atomic E-state index is 14.4. The van der Waals surface area contributed by atoms with Crippen molar-refractivity contribution in [2.75, 3.05) is 20.8 Å². The van der Waals surface area contributed by atoms with Crippen LogP contribution in [0.2, 0.25) is 0 Å². The van der Waals surface area contributed by atoms with Gasteiger partial charge >= 0.3 is 5.97 Å². The highest BCUT2D eigenvalue weighted by molar-refractivity contribution is 5.78. The second-order valence-electron chi connectivity index (χ2n) is 19.4. The van der Waals surface area contributed by atoms with Crippen LogP contribution in [0.15, 0.2) is 47.1 Å². The molecule has 6 heterocycles. The second kappa shape index (κ2) is 19.8. The van der Waals surface area contributed by atoms with Crippen molar-refractivity contribution in [3.63, 3.8) is 0 Å². The molecule has 5 saturated heterocycles. The number of allylic oxidation sites excluding steroid dienone is 2. The average Bonchev–Trinajstić information content (AvgIpc) is 3.58. The van der Waals surface area contributed by atoms with Crippen LogP contribution >= 0.6 is 0 Å². The first-order valence-corrected chi connectivity index (χ1v) is 23.2. The lowest BCUT2D eigenvalue weighted by Gasteiger charge is -2.51. The number of rotatable bonds is 8. The summed E-state index contributed by atoms with van der Waals surface area (Å²) in [5.74, 6) is -2.10. The third-order valence-corrected chi connectivity index (χ3v) is 14.9. The largest absolute Gasteiger partial charge is 0.462 e. The van der Waals surface area contributed by atoms with Gasteiger partial charge in [-0.05, 0) is 69.1 Å². The highest BCUT2D eigenvalue weighted by Crippen LogP contribution is 2.48. The van der Waals surface area contributed by atoms with Crippen molar-refractivity contribution in [2.45, 2.75) is 204 Å². The Balaban J connectivity index is 1.18. The maximum Gasteiger partial charge on any atom is 0.316 e. The van der Waals surface area contributed by atoms with E-state index in [2.05, 4.69) is 40.7 Å². The highest BCUT2D eigenvalue weighted by Gasteiger charge is 2.60. The molecule has 1 aliphatic carbocycles. The summed E-state index contributed by atoms with van der Waals surface area (Å²) in [6.07, 6.45) is 6.53. The third kappa shape index (κ3) is 9.73. The van der Waals surface area contributed by atoms with E-state index in [0.717, 1.165) is 18.4 Å². The molecule has 0 saturated carbocycles. The molecular weight excluding hydrogens is 801 g/mol. The van der Waals surface area contributed by atoms with Crippen LogP contribution in [0.1, 0.15) is 107 Å². The summed E-state index contributed by atoms with van der Waals surface area (Å²) in [6.45, 7) is 16.3. The molecule has 4 unspecified atom stereocenters. The summed E-state index contributed by atoms with van der Waals surface area (Å²) < 4.78 is 63.9. The standard InChI is InChI=1S/C48H74O14/c1-11-25(2)43-28(5)17-18-47(62-43)23-34-20-33(61-47)16-15-27(4)42(26(3)13-12-14-32-24-55-45-40(49)29(6)19-35(46(51)58-34)48(32,45)52)59-39-22-37(54-10)44(31(8)57-39)60-38-21-36(53-9)41(50)30(7)56-38/h12-15,19,25-26,28,30-31,33-45,49-50,52H,11,16-18,20-24H2,1-10H3/b13-12+,27-15+,32-14+/t25?,26-,28-,30-,31-,33+,34-,35-,36-,37-,38-,39?,40+,41-,42-,43+,44?,45?,47+,48+/m0/s1. The van der Waals surface area contributed by atoms with Crippen LogP contribution < -0.4 is 0 Å². The van der Waals surface area contributed by atoms with E-state index in [4.69, 9.17) is 47.4 Å². The maximum atomic E-state index is 14.4. The number of methoxy groups -OCH3 is 2. The zero-order valence-corrected chi connectivity index (χ0v) is 38.5. The van der Waals surface area contributed by atoms with Gasteiger partial charge in [-0.15, -0.1) is 0 Å². The molecule has 6 aliphatic heterocycles. The van der Waals surface area contributed by atoms with E-state index in [1.165, 1.54) is 0 Å². The molecule has 0 aromatic carbocycles. The van der Waals surface area contributed by atoms with E-state index in [1.54, 1.807) is 40.2 Å². The van der Waals surface area contributed by atoms with Gasteiger partial charge in [-0.25, -0.2) is 0 Å². The van der Waals surface area contributed by atoms with E-state index in [-0.39, 0.29) is 30.8 Å². The van der Waals surface area contributed by atoms with Crippen LogP contribution in [0.25, 0.3) is 0 Å². The average molecular weight is 875 g/mol. The van der Waals surface area contributed by atoms with Crippen molar-refractivity contribution in [3.05, 3.63) is 47.1 Å². The van der Waals surface area contributed by atoms with Gasteiger partial charge in [0.05, 0.1) is 49.3 Å². The van der Waals surface area contributed by atoms with Crippen LogP contribution in [0.4, 0.5) is 0 Å². The minimum absolute atomic E-state index is 0.00708. The fourth-order valence-corrected chi connectivity index (χ4v) is 11.0. The summed E-state index contributed by atoms with van der Waals surface area (Å²) in [4.78, 5) is 14.4. The number of carbonyl (C=O) groups is 1. The van der Waals surface area contributed by atoms with Crippen molar-refractivity contribution < 1.29 is 67.5 Å². The molecule has 14 nitrogen and oxygen atoms in total. The summed E-state index contributed by atoms with van der Waals surface area (Å²) >= 11 is 0. The lowest BCUT2D eigenvalue weighted by Crippen LogP contribution is -2.58. The molecule has 2 bridgehead atoms. The van der Waals surface area contributed by atoms with Crippen LogP contribution in [0, 0.1) is 23.7 Å². The molecule has 0 aromatic rings. The van der Waals surface area contributed by atoms with Gasteiger partial charge in [-0.1, -0.05) is 64.5 Å². The second-order valence-corrected chi connectivity index (χ2v) is 19.4. The van der Waals surface area contributed by atoms with Gasteiger partial charge in [-0.2, -0.15) is 0 Å². The van der Waals surface area contributed by atoms with Gasteiger partial charge < -0.3 is 62.7 Å². The monoisotopic (exact) mass is 875 g/mol. The minimum atomic E-state index is -1.82. The Labute approximate surface area is 368 Å². The fraction of sp³-hybridized carbons (Fsp3) is 0.812. The van der Waals surface area contributed by atoms with Gasteiger partial charge in [0.1, 0.15) is 42.0 Å². The Morgan fingerprint density at radius 1 is 0.919 bits per heavy atom. The Kier molecular flexibility index (Phi) is 15.3. The van der Waals surface area contributed by atoms with Crippen molar-refractivity contribution in [3.8, 4) is 0 Å². The van der Waals surface area contributed by atoms with Crippen LogP contribution in [-0.4, -0.2) is 139 Å². The van der Waals surface area contributed by atoms with Crippen molar-refractivity contribution in [2.24, 2.45) is 23.7 Å². The third-order valence-electron chi connectivity index (χ3n) is 14.9. The Bertz CT molecular complexity index is 1680. The molecule has 62 heavy (non-hydrogen) atoms. The molecule has 0 radical (unpaired) electrons. The normalized spacial score (nSPS) is 49.4.